The molecule has 1 aromatic rings. The third-order valence-corrected chi connectivity index (χ3v) is 7.01. The molecule has 12 nitrogen and oxygen atoms in total. The molecule has 202 valence electrons. The van der Waals surface area contributed by atoms with Crippen LogP contribution in [0.3, 0.4) is 0 Å². The number of carbonyl (C=O) groups is 5. The van der Waals surface area contributed by atoms with Crippen molar-refractivity contribution in [1.29, 1.82) is 0 Å². The molecule has 0 saturated heterocycles. The molecule has 3 atom stereocenters. The second-order valence-corrected chi connectivity index (χ2v) is 9.91. The summed E-state index contributed by atoms with van der Waals surface area (Å²) in [5, 5.41) is 4.50. The third kappa shape index (κ3) is 10.5. The molecule has 1 aliphatic rings. The van der Waals surface area contributed by atoms with Crippen LogP contribution in [0.15, 0.2) is 35.3 Å². The fraction of sp³-hybridized carbons (Fsp3) is 0.455. The Morgan fingerprint density at radius 1 is 1.05 bits per heavy atom. The number of amides is 2. The monoisotopic (exact) mass is 573 g/mol. The zero-order valence-corrected chi connectivity index (χ0v) is 22.7. The number of methoxy groups -OCH3 is 2. The predicted molar refractivity (Wildman–Crippen MR) is 141 cm³/mol. The minimum absolute atomic E-state index is 0.0259. The van der Waals surface area contributed by atoms with Gasteiger partial charge in [-0.25, -0.2) is 19.4 Å². The smallest absolute Gasteiger partial charge is 0.338 e. The molecule has 15 heteroatoms. The van der Waals surface area contributed by atoms with Gasteiger partial charge >= 0.3 is 17.9 Å². The Morgan fingerprint density at radius 2 is 1.78 bits per heavy atom. The van der Waals surface area contributed by atoms with E-state index in [0.29, 0.717) is 5.56 Å². The molecule has 0 radical (unpaired) electrons. The van der Waals surface area contributed by atoms with Gasteiger partial charge in [-0.15, -0.1) is 0 Å². The lowest BCUT2D eigenvalue weighted by Gasteiger charge is -2.19. The molecular weight excluding hydrogens is 546 g/mol. The average molecular weight is 574 g/mol. The Hall–Kier alpha value is -2.91. The van der Waals surface area contributed by atoms with E-state index in [-0.39, 0.29) is 35.2 Å². The lowest BCUT2D eigenvalue weighted by molar-refractivity contribution is -0.143. The van der Waals surface area contributed by atoms with Crippen LogP contribution in [0.4, 0.5) is 9.59 Å². The molecule has 2 amide bonds. The molecule has 0 aliphatic carbocycles. The topological polar surface area (TPSA) is 159 Å². The number of nitrogens with zero attached hydrogens (tertiary/aromatic N) is 1. The van der Waals surface area contributed by atoms with Crippen molar-refractivity contribution < 1.29 is 42.9 Å². The zero-order valence-electron chi connectivity index (χ0n) is 20.3. The maximum absolute atomic E-state index is 12.6. The summed E-state index contributed by atoms with van der Waals surface area (Å²) in [6.45, 7) is -0.132. The van der Waals surface area contributed by atoms with Gasteiger partial charge < -0.3 is 29.6 Å². The molecule has 1 unspecified atom stereocenters. The molecule has 0 saturated carbocycles. The highest BCUT2D eigenvalue weighted by Gasteiger charge is 2.29. The van der Waals surface area contributed by atoms with E-state index in [4.69, 9.17) is 14.2 Å². The van der Waals surface area contributed by atoms with Gasteiger partial charge in [0, 0.05) is 11.5 Å². The van der Waals surface area contributed by atoms with Crippen LogP contribution in [0, 0.1) is 0 Å². The van der Waals surface area contributed by atoms with E-state index in [1.54, 1.807) is 36.6 Å². The number of benzene rings is 1. The Kier molecular flexibility index (Phi) is 13.1. The third-order valence-electron chi connectivity index (χ3n) is 4.60. The second-order valence-electron chi connectivity index (χ2n) is 7.17. The molecule has 0 aromatic heterocycles. The molecule has 1 heterocycles. The fourth-order valence-electron chi connectivity index (χ4n) is 2.70. The predicted octanol–water partition coefficient (Wildman–Crippen LogP) is 1.93. The van der Waals surface area contributed by atoms with Crippen LogP contribution in [-0.2, 0) is 28.5 Å². The van der Waals surface area contributed by atoms with E-state index < -0.39 is 41.3 Å². The van der Waals surface area contributed by atoms with Crippen molar-refractivity contribution in [3.63, 3.8) is 0 Å². The van der Waals surface area contributed by atoms with Crippen molar-refractivity contribution in [2.75, 3.05) is 45.2 Å². The molecule has 37 heavy (non-hydrogen) atoms. The molecule has 1 aliphatic heterocycles. The summed E-state index contributed by atoms with van der Waals surface area (Å²) in [6, 6.07) is 5.88. The number of carbonyl (C=O) groups excluding carboxylic acids is 5. The van der Waals surface area contributed by atoms with Gasteiger partial charge in [-0.05, 0) is 18.4 Å². The maximum Gasteiger partial charge on any atom is 0.338 e. The van der Waals surface area contributed by atoms with Crippen LogP contribution in [0.1, 0.15) is 10.4 Å². The number of thioether (sulfide) groups is 3. The zero-order chi connectivity index (χ0) is 27.2. The minimum Gasteiger partial charge on any atom is -0.470 e. The SMILES string of the molecule is COC(=O)[C@@H]1COC(SC[C@H](NC(=O)SCC(COC(=O)c2ccccc2)NC(=O)SC)C(=O)OC)=N1. The molecule has 2 rings (SSSR count). The van der Waals surface area contributed by atoms with Crippen molar-refractivity contribution in [2.24, 2.45) is 4.99 Å². The number of rotatable bonds is 11. The van der Waals surface area contributed by atoms with Crippen LogP contribution in [0.2, 0.25) is 0 Å². The van der Waals surface area contributed by atoms with Crippen molar-refractivity contribution >= 4 is 68.9 Å². The summed E-state index contributed by atoms with van der Waals surface area (Å²) in [6.07, 6.45) is 1.59. The minimum atomic E-state index is -1.03. The molecule has 2 N–H and O–H groups in total. The highest BCUT2D eigenvalue weighted by Crippen LogP contribution is 2.18. The van der Waals surface area contributed by atoms with Gasteiger partial charge in [-0.1, -0.05) is 53.5 Å². The molecule has 0 spiro atoms. The Bertz CT molecular complexity index is 994. The summed E-state index contributed by atoms with van der Waals surface area (Å²) in [5.74, 6) is -1.69. The number of hydrogen-bond acceptors (Lipinski definition) is 13. The lowest BCUT2D eigenvalue weighted by Crippen LogP contribution is -2.43. The average Bonchev–Trinajstić information content (AvgIpc) is 3.40. The van der Waals surface area contributed by atoms with Crippen molar-refractivity contribution in [3.05, 3.63) is 35.9 Å². The largest absolute Gasteiger partial charge is 0.470 e. The van der Waals surface area contributed by atoms with Crippen molar-refractivity contribution in [3.8, 4) is 0 Å². The first kappa shape index (κ1) is 30.3. The number of ether oxygens (including phenoxy) is 4. The van der Waals surface area contributed by atoms with E-state index in [1.807, 2.05) is 0 Å². The van der Waals surface area contributed by atoms with Gasteiger partial charge in [0.15, 0.2) is 6.04 Å². The summed E-state index contributed by atoms with van der Waals surface area (Å²) >= 11 is 2.77. The Morgan fingerprint density at radius 3 is 2.43 bits per heavy atom. The van der Waals surface area contributed by atoms with Crippen LogP contribution in [0.25, 0.3) is 0 Å². The molecule has 1 aromatic carbocycles. The first-order valence-electron chi connectivity index (χ1n) is 10.8. The number of hydrogen-bond donors (Lipinski definition) is 2. The quantitative estimate of drug-likeness (QED) is 0.293. The van der Waals surface area contributed by atoms with Crippen LogP contribution in [0.5, 0.6) is 0 Å². The molecule has 0 bridgehead atoms. The summed E-state index contributed by atoms with van der Waals surface area (Å²) < 4.78 is 20.0. The van der Waals surface area contributed by atoms with Gasteiger partial charge in [-0.2, -0.15) is 0 Å². The maximum atomic E-state index is 12.6. The molecular formula is C22H27N3O9S3. The van der Waals surface area contributed by atoms with Crippen LogP contribution < -0.4 is 10.6 Å². The first-order chi connectivity index (χ1) is 17.8. The van der Waals surface area contributed by atoms with Crippen LogP contribution >= 0.6 is 35.3 Å². The Balaban J connectivity index is 1.90. The van der Waals surface area contributed by atoms with Gasteiger partial charge in [0.05, 0.1) is 25.8 Å². The van der Waals surface area contributed by atoms with Crippen molar-refractivity contribution in [2.45, 2.75) is 18.1 Å². The summed E-state index contributed by atoms with van der Waals surface area (Å²) in [4.78, 5) is 64.5. The fourth-order valence-corrected chi connectivity index (χ4v) is 4.63. The van der Waals surface area contributed by atoms with Gasteiger partial charge in [-0.3, -0.25) is 9.59 Å². The summed E-state index contributed by atoms with van der Waals surface area (Å²) in [5.41, 5.74) is 0.356. The number of nitrogens with one attached hydrogen (secondary N) is 2. The summed E-state index contributed by atoms with van der Waals surface area (Å²) in [7, 11) is 2.43. The first-order valence-corrected chi connectivity index (χ1v) is 14.0. The van der Waals surface area contributed by atoms with Crippen molar-refractivity contribution in [1.82, 2.24) is 10.6 Å². The highest BCUT2D eigenvalue weighted by atomic mass is 32.2. The lowest BCUT2D eigenvalue weighted by atomic mass is 10.2. The van der Waals surface area contributed by atoms with Gasteiger partial charge in [0.2, 0.25) is 5.23 Å². The van der Waals surface area contributed by atoms with E-state index in [9.17, 15) is 24.0 Å². The van der Waals surface area contributed by atoms with E-state index in [2.05, 4.69) is 20.4 Å². The highest BCUT2D eigenvalue weighted by molar-refractivity contribution is 8.14. The van der Waals surface area contributed by atoms with E-state index in [0.717, 1.165) is 35.3 Å². The normalized spacial score (nSPS) is 15.9. The van der Waals surface area contributed by atoms with Gasteiger partial charge in [0.1, 0.15) is 19.3 Å². The number of esters is 3. The van der Waals surface area contributed by atoms with E-state index in [1.165, 1.54) is 14.2 Å². The molecule has 0 fully saturated rings. The standard InChI is InChI=1S/C22H27N3O9S3/c1-31-18(27)15-10-34-22(25-15)37-12-16(19(28)32-2)24-21(30)36-11-14(23-20(29)35-3)9-33-17(26)13-7-5-4-6-8-13/h4-8,14-16H,9-12H2,1-3H3,(H,23,29)(H,24,30)/t14?,15-,16-/m0/s1. The number of aliphatic imine (C=N–C) groups is 1. The van der Waals surface area contributed by atoms with Gasteiger partial charge in [0.25, 0.3) is 10.5 Å². The van der Waals surface area contributed by atoms with E-state index >= 15 is 0 Å². The Labute approximate surface area is 226 Å². The second kappa shape index (κ2) is 16.0. The van der Waals surface area contributed by atoms with Crippen LogP contribution in [-0.4, -0.2) is 96.9 Å².